The number of hydrogen-bond donors (Lipinski definition) is 7. The van der Waals surface area contributed by atoms with Crippen molar-refractivity contribution in [2.75, 3.05) is 37.9 Å². The molecule has 0 fully saturated rings. The number of nitrogens with one attached hydrogen (secondary N) is 2. The molecule has 0 aliphatic carbocycles. The molecule has 10 nitrogen and oxygen atoms in total. The fourth-order valence-electron chi connectivity index (χ4n) is 6.87. The minimum absolute atomic E-state index is 0.0167. The molecule has 7 N–H and O–H groups in total. The summed E-state index contributed by atoms with van der Waals surface area (Å²) in [5.74, 6) is 2.18. The number of aromatic hydroxyl groups is 2. The Morgan fingerprint density at radius 3 is 2.57 bits per heavy atom. The summed E-state index contributed by atoms with van der Waals surface area (Å²) in [6.07, 6.45) is 3.36. The van der Waals surface area contributed by atoms with Crippen LogP contribution in [0, 0.1) is 0 Å². The first-order valence-electron chi connectivity index (χ1n) is 18.8. The topological polar surface area (TPSA) is 161 Å². The number of carbonyl (C=O) groups is 1. The lowest BCUT2D eigenvalue weighted by Gasteiger charge is -2.27. The fraction of sp³-hybridized carbons (Fsp3) is 0.452. The molecule has 0 saturated carbocycles. The van der Waals surface area contributed by atoms with Crippen molar-refractivity contribution >= 4 is 43.8 Å². The van der Waals surface area contributed by atoms with Crippen LogP contribution in [-0.2, 0) is 28.3 Å². The Morgan fingerprint density at radius 2 is 1.80 bits per heavy atom. The SMILES string of the molecule is COc1c(O)ccc2c1-c1ccc3ccc(O)cc3c1CSSCCCCC(OC(NCCCCO)c1ccc(NCC(C)O)c(CO)c1)CC(=O)CC2. The molecule has 0 bridgehead atoms. The third-order valence-electron chi connectivity index (χ3n) is 9.67. The number of Topliss-reactive ketones (excluding diaryl/α,β-unsaturated/α-hetero) is 1. The van der Waals surface area contributed by atoms with Crippen molar-refractivity contribution < 1.29 is 39.8 Å². The van der Waals surface area contributed by atoms with Crippen LogP contribution in [0.25, 0.3) is 21.9 Å². The average Bonchev–Trinajstić information content (AvgIpc) is 3.16. The molecule has 0 amide bonds. The number of ether oxygens (including phenoxy) is 2. The van der Waals surface area contributed by atoms with Gasteiger partial charge in [0, 0.05) is 54.3 Å². The number of ketones is 1. The number of phenolic OH excluding ortho intramolecular Hbond substituents is 2. The zero-order valence-electron chi connectivity index (χ0n) is 31.2. The maximum Gasteiger partial charge on any atom is 0.168 e. The van der Waals surface area contributed by atoms with E-state index in [1.54, 1.807) is 46.7 Å². The predicted octanol–water partition coefficient (Wildman–Crippen LogP) is 7.61. The second-order valence-corrected chi connectivity index (χ2v) is 16.4. The lowest BCUT2D eigenvalue weighted by Crippen LogP contribution is -2.31. The lowest BCUT2D eigenvalue weighted by molar-refractivity contribution is -0.124. The molecule has 3 unspecified atom stereocenters. The van der Waals surface area contributed by atoms with Gasteiger partial charge in [-0.2, -0.15) is 0 Å². The highest BCUT2D eigenvalue weighted by atomic mass is 33.1. The van der Waals surface area contributed by atoms with Crippen molar-refractivity contribution in [2.24, 2.45) is 0 Å². The van der Waals surface area contributed by atoms with Crippen LogP contribution in [0.2, 0.25) is 0 Å². The molecule has 1 aliphatic heterocycles. The van der Waals surface area contributed by atoms with Crippen molar-refractivity contribution in [2.45, 2.75) is 89.1 Å². The largest absolute Gasteiger partial charge is 0.508 e. The van der Waals surface area contributed by atoms with E-state index in [4.69, 9.17) is 9.47 Å². The van der Waals surface area contributed by atoms with Gasteiger partial charge in [-0.05, 0) is 109 Å². The third kappa shape index (κ3) is 11.3. The molecular weight excluding hydrogens is 725 g/mol. The Morgan fingerprint density at radius 1 is 0.963 bits per heavy atom. The van der Waals surface area contributed by atoms with E-state index in [0.29, 0.717) is 49.4 Å². The van der Waals surface area contributed by atoms with Crippen LogP contribution in [0.3, 0.4) is 0 Å². The molecule has 1 aliphatic rings. The summed E-state index contributed by atoms with van der Waals surface area (Å²) in [5, 5.41) is 59.4. The van der Waals surface area contributed by atoms with Gasteiger partial charge in [0.05, 0.1) is 25.9 Å². The minimum Gasteiger partial charge on any atom is -0.508 e. The van der Waals surface area contributed by atoms with Crippen molar-refractivity contribution in [3.63, 3.8) is 0 Å². The lowest BCUT2D eigenvalue weighted by atomic mass is 9.89. The Bertz CT molecular complexity index is 1840. The van der Waals surface area contributed by atoms with Gasteiger partial charge in [-0.3, -0.25) is 10.1 Å². The molecule has 0 spiro atoms. The molecule has 292 valence electrons. The highest BCUT2D eigenvalue weighted by Crippen LogP contribution is 2.45. The van der Waals surface area contributed by atoms with Crippen LogP contribution >= 0.6 is 21.6 Å². The van der Waals surface area contributed by atoms with Crippen LogP contribution in [0.1, 0.15) is 80.4 Å². The van der Waals surface area contributed by atoms with Crippen LogP contribution < -0.4 is 15.4 Å². The number of phenols is 2. The molecule has 4 aromatic carbocycles. The number of aliphatic hydroxyl groups excluding tert-OH is 3. The van der Waals surface area contributed by atoms with Crippen LogP contribution in [-0.4, -0.2) is 76.1 Å². The van der Waals surface area contributed by atoms with Gasteiger partial charge >= 0.3 is 0 Å². The summed E-state index contributed by atoms with van der Waals surface area (Å²) in [7, 11) is 5.08. The van der Waals surface area contributed by atoms with Crippen LogP contribution in [0.5, 0.6) is 17.2 Å². The van der Waals surface area contributed by atoms with E-state index in [2.05, 4.69) is 10.6 Å². The second kappa shape index (κ2) is 21.0. The number of carbonyl (C=O) groups excluding carboxylic acids is 1. The summed E-state index contributed by atoms with van der Waals surface area (Å²) in [6, 6.07) is 18.6. The van der Waals surface area contributed by atoms with E-state index in [9.17, 15) is 30.3 Å². The van der Waals surface area contributed by atoms with Crippen molar-refractivity contribution in [1.29, 1.82) is 0 Å². The van der Waals surface area contributed by atoms with Crippen LogP contribution in [0.4, 0.5) is 5.69 Å². The van der Waals surface area contributed by atoms with Gasteiger partial charge in [-0.25, -0.2) is 0 Å². The fourth-order valence-corrected chi connectivity index (χ4v) is 9.13. The monoisotopic (exact) mass is 778 g/mol. The zero-order valence-corrected chi connectivity index (χ0v) is 32.8. The summed E-state index contributed by atoms with van der Waals surface area (Å²) >= 11 is 0. The number of benzene rings is 4. The Hall–Kier alpha value is -3.49. The Balaban J connectivity index is 1.44. The number of fused-ring (bicyclic) bond motifs is 5. The van der Waals surface area contributed by atoms with Crippen molar-refractivity contribution in [3.05, 3.63) is 82.9 Å². The number of hydrogen-bond acceptors (Lipinski definition) is 12. The number of aliphatic hydroxyl groups is 3. The number of aryl methyl sites for hydroxylation is 1. The molecule has 54 heavy (non-hydrogen) atoms. The van der Waals surface area contributed by atoms with Crippen LogP contribution in [0.15, 0.2) is 60.7 Å². The summed E-state index contributed by atoms with van der Waals surface area (Å²) in [4.78, 5) is 13.9. The summed E-state index contributed by atoms with van der Waals surface area (Å²) in [6.45, 7) is 2.54. The number of anilines is 1. The third-order valence-corrected chi connectivity index (χ3v) is 12.0. The normalized spacial score (nSPS) is 17.1. The molecule has 0 radical (unpaired) electrons. The smallest absolute Gasteiger partial charge is 0.168 e. The first-order valence-corrected chi connectivity index (χ1v) is 21.3. The maximum atomic E-state index is 13.9. The van der Waals surface area contributed by atoms with E-state index in [0.717, 1.165) is 69.3 Å². The molecule has 1 heterocycles. The van der Waals surface area contributed by atoms with Gasteiger partial charge in [0.1, 0.15) is 17.8 Å². The number of unbranched alkanes of at least 4 members (excludes halogenated alkanes) is 1. The van der Waals surface area contributed by atoms with E-state index in [-0.39, 0.29) is 49.4 Å². The molecule has 0 aromatic heterocycles. The Kier molecular flexibility index (Phi) is 16.2. The number of rotatable bonds is 13. The Labute approximate surface area is 326 Å². The predicted molar refractivity (Wildman–Crippen MR) is 219 cm³/mol. The zero-order chi connectivity index (χ0) is 38.5. The van der Waals surface area contributed by atoms with Crippen molar-refractivity contribution in [1.82, 2.24) is 5.32 Å². The van der Waals surface area contributed by atoms with Gasteiger partial charge in [-0.1, -0.05) is 58.3 Å². The van der Waals surface area contributed by atoms with Gasteiger partial charge < -0.3 is 40.3 Å². The van der Waals surface area contributed by atoms with Crippen molar-refractivity contribution in [3.8, 4) is 28.4 Å². The van der Waals surface area contributed by atoms with Gasteiger partial charge in [0.15, 0.2) is 11.5 Å². The molecule has 12 heteroatoms. The van der Waals surface area contributed by atoms with E-state index >= 15 is 0 Å². The number of methoxy groups -OCH3 is 1. The molecule has 4 aromatic rings. The first-order chi connectivity index (χ1) is 26.2. The molecule has 3 atom stereocenters. The van der Waals surface area contributed by atoms with Gasteiger partial charge in [-0.15, -0.1) is 0 Å². The second-order valence-electron chi connectivity index (χ2n) is 13.8. The van der Waals surface area contributed by atoms with E-state index < -0.39 is 12.3 Å². The van der Waals surface area contributed by atoms with Gasteiger partial charge in [0.2, 0.25) is 0 Å². The standard InChI is InChI=1S/C42H54N2O8S2/c1-27(47)24-44-38-16-11-30(21-31(38)25-46)42(43-18-4-5-19-45)52-34-7-3-6-20-53-54-26-37-35(15-10-28-8-13-33(49)23-36(28)37)40-29(9-14-32(48)22-34)12-17-39(50)41(40)51-2/h8,10-13,15-17,21,23,27,34,42-47,49-50H,3-7,9,14,18-20,22,24-26H2,1-2H3. The van der Waals surface area contributed by atoms with E-state index in [1.807, 2.05) is 42.5 Å². The van der Waals surface area contributed by atoms with E-state index in [1.165, 1.54) is 7.11 Å². The summed E-state index contributed by atoms with van der Waals surface area (Å²) in [5.41, 5.74) is 5.78. The summed E-state index contributed by atoms with van der Waals surface area (Å²) < 4.78 is 12.6. The maximum absolute atomic E-state index is 13.9. The highest BCUT2D eigenvalue weighted by Gasteiger charge is 2.25. The first kappa shape index (κ1) is 41.7. The quantitative estimate of drug-likeness (QED) is 0.0405. The average molecular weight is 779 g/mol. The van der Waals surface area contributed by atoms with Gasteiger partial charge in [0.25, 0.3) is 0 Å². The highest BCUT2D eigenvalue weighted by molar-refractivity contribution is 8.76. The molecule has 0 saturated heterocycles. The molecular formula is C42H54N2O8S2. The molecule has 5 rings (SSSR count). The minimum atomic E-state index is -0.549.